The van der Waals surface area contributed by atoms with Crippen molar-refractivity contribution in [3.8, 4) is 0 Å². The van der Waals surface area contributed by atoms with Gasteiger partial charge in [0.05, 0.1) is 5.56 Å². The van der Waals surface area contributed by atoms with Gasteiger partial charge in [0.15, 0.2) is 0 Å². The molecule has 2 aliphatic rings. The predicted molar refractivity (Wildman–Crippen MR) is 105 cm³/mol. The van der Waals surface area contributed by atoms with Crippen molar-refractivity contribution < 1.29 is 9.53 Å². The van der Waals surface area contributed by atoms with Crippen LogP contribution >= 0.6 is 0 Å². The SMILES string of the molecule is O=C(OC1CCN(C2(c3ccccc3)CCCCC2)CC1)c1cccnc1. The number of piperidine rings is 1. The van der Waals surface area contributed by atoms with Gasteiger partial charge in [-0.1, -0.05) is 49.6 Å². The Labute approximate surface area is 161 Å². The minimum Gasteiger partial charge on any atom is -0.459 e. The first-order valence-corrected chi connectivity index (χ1v) is 10.2. The molecule has 2 aromatic rings. The Morgan fingerprint density at radius 1 is 1.00 bits per heavy atom. The molecule has 1 aromatic heterocycles. The van der Waals surface area contributed by atoms with Gasteiger partial charge in [0, 0.05) is 31.0 Å². The number of carbonyl (C=O) groups excluding carboxylic acids is 1. The number of likely N-dealkylation sites (tertiary alicyclic amines) is 1. The standard InChI is InChI=1S/C23H28N2O2/c26-22(19-8-7-15-24-18-19)27-21-11-16-25(17-12-21)23(13-5-2-6-14-23)20-9-3-1-4-10-20/h1,3-4,7-10,15,18,21H,2,5-6,11-14,16-17H2. The summed E-state index contributed by atoms with van der Waals surface area (Å²) in [6.45, 7) is 1.97. The van der Waals surface area contributed by atoms with E-state index in [4.69, 9.17) is 4.74 Å². The van der Waals surface area contributed by atoms with Crippen molar-refractivity contribution in [1.82, 2.24) is 9.88 Å². The number of carbonyl (C=O) groups is 1. The highest BCUT2D eigenvalue weighted by atomic mass is 16.5. The summed E-state index contributed by atoms with van der Waals surface area (Å²) in [4.78, 5) is 19.0. The number of aromatic nitrogens is 1. The summed E-state index contributed by atoms with van der Waals surface area (Å²) in [7, 11) is 0. The van der Waals surface area contributed by atoms with Crippen LogP contribution in [0.1, 0.15) is 60.9 Å². The number of nitrogens with zero attached hydrogens (tertiary/aromatic N) is 2. The molecule has 1 aromatic carbocycles. The third-order valence-corrected chi connectivity index (χ3v) is 6.21. The van der Waals surface area contributed by atoms with E-state index in [0.717, 1.165) is 25.9 Å². The average molecular weight is 364 g/mol. The van der Waals surface area contributed by atoms with Crippen molar-refractivity contribution in [3.05, 3.63) is 66.0 Å². The third kappa shape index (κ3) is 3.91. The molecule has 2 heterocycles. The summed E-state index contributed by atoms with van der Waals surface area (Å²) >= 11 is 0. The lowest BCUT2D eigenvalue weighted by Crippen LogP contribution is -2.52. The molecule has 1 aliphatic heterocycles. The number of benzene rings is 1. The molecule has 0 radical (unpaired) electrons. The van der Waals surface area contributed by atoms with Crippen molar-refractivity contribution in [3.63, 3.8) is 0 Å². The van der Waals surface area contributed by atoms with E-state index < -0.39 is 0 Å². The molecule has 0 N–H and O–H groups in total. The van der Waals surface area contributed by atoms with E-state index in [2.05, 4.69) is 40.2 Å². The zero-order valence-electron chi connectivity index (χ0n) is 15.8. The Balaban J connectivity index is 1.42. The molecule has 1 aliphatic carbocycles. The summed E-state index contributed by atoms with van der Waals surface area (Å²) < 4.78 is 5.75. The first kappa shape index (κ1) is 18.2. The van der Waals surface area contributed by atoms with Crippen LogP contribution in [0.2, 0.25) is 0 Å². The first-order valence-electron chi connectivity index (χ1n) is 10.2. The van der Waals surface area contributed by atoms with Crippen molar-refractivity contribution in [2.75, 3.05) is 13.1 Å². The van der Waals surface area contributed by atoms with Crippen LogP contribution in [-0.2, 0) is 10.3 Å². The van der Waals surface area contributed by atoms with E-state index in [1.807, 2.05) is 0 Å². The van der Waals surface area contributed by atoms with Crippen molar-refractivity contribution in [1.29, 1.82) is 0 Å². The topological polar surface area (TPSA) is 42.4 Å². The fraction of sp³-hybridized carbons (Fsp3) is 0.478. The van der Waals surface area contributed by atoms with Crippen molar-refractivity contribution in [2.24, 2.45) is 0 Å². The molecule has 0 atom stereocenters. The minimum atomic E-state index is -0.253. The second-order valence-electron chi connectivity index (χ2n) is 7.79. The normalized spacial score (nSPS) is 20.9. The first-order chi connectivity index (χ1) is 13.3. The summed E-state index contributed by atoms with van der Waals surface area (Å²) in [5, 5.41) is 0. The van der Waals surface area contributed by atoms with E-state index in [1.165, 1.54) is 37.7 Å². The quantitative estimate of drug-likeness (QED) is 0.746. The summed E-state index contributed by atoms with van der Waals surface area (Å²) in [5.41, 5.74) is 2.15. The number of pyridine rings is 1. The van der Waals surface area contributed by atoms with Crippen LogP contribution < -0.4 is 0 Å². The van der Waals surface area contributed by atoms with E-state index in [0.29, 0.717) is 5.56 Å². The lowest BCUT2D eigenvalue weighted by atomic mass is 9.74. The van der Waals surface area contributed by atoms with Crippen LogP contribution in [0.25, 0.3) is 0 Å². The van der Waals surface area contributed by atoms with E-state index >= 15 is 0 Å². The van der Waals surface area contributed by atoms with Crippen LogP contribution in [-0.4, -0.2) is 35.0 Å². The van der Waals surface area contributed by atoms with Crippen LogP contribution in [0.4, 0.5) is 0 Å². The van der Waals surface area contributed by atoms with Gasteiger partial charge < -0.3 is 4.74 Å². The lowest BCUT2D eigenvalue weighted by Gasteiger charge is -2.49. The molecule has 2 fully saturated rings. The van der Waals surface area contributed by atoms with Gasteiger partial charge in [0.25, 0.3) is 0 Å². The molecule has 0 unspecified atom stereocenters. The van der Waals surface area contributed by atoms with Gasteiger partial charge in [-0.05, 0) is 43.4 Å². The largest absolute Gasteiger partial charge is 0.459 e. The van der Waals surface area contributed by atoms with Gasteiger partial charge in [-0.2, -0.15) is 0 Å². The molecule has 1 saturated carbocycles. The number of hydrogen-bond acceptors (Lipinski definition) is 4. The Morgan fingerprint density at radius 2 is 1.74 bits per heavy atom. The zero-order valence-corrected chi connectivity index (χ0v) is 15.8. The van der Waals surface area contributed by atoms with Gasteiger partial charge in [-0.25, -0.2) is 4.79 Å². The minimum absolute atomic E-state index is 0.00497. The van der Waals surface area contributed by atoms with Crippen molar-refractivity contribution >= 4 is 5.97 Å². The molecular weight excluding hydrogens is 336 g/mol. The van der Waals surface area contributed by atoms with E-state index in [9.17, 15) is 4.79 Å². The second-order valence-corrected chi connectivity index (χ2v) is 7.79. The Morgan fingerprint density at radius 3 is 2.41 bits per heavy atom. The summed E-state index contributed by atoms with van der Waals surface area (Å²) in [5.74, 6) is -0.253. The van der Waals surface area contributed by atoms with Gasteiger partial charge >= 0.3 is 5.97 Å². The zero-order chi connectivity index (χ0) is 18.5. The van der Waals surface area contributed by atoms with Crippen LogP contribution in [0, 0.1) is 0 Å². The van der Waals surface area contributed by atoms with Crippen LogP contribution in [0.15, 0.2) is 54.9 Å². The highest BCUT2D eigenvalue weighted by Gasteiger charge is 2.41. The second kappa shape index (κ2) is 8.22. The van der Waals surface area contributed by atoms with E-state index in [1.54, 1.807) is 24.5 Å². The molecule has 27 heavy (non-hydrogen) atoms. The number of esters is 1. The fourth-order valence-electron chi connectivity index (χ4n) is 4.78. The molecule has 142 valence electrons. The number of rotatable bonds is 4. The summed E-state index contributed by atoms with van der Waals surface area (Å²) in [6.07, 6.45) is 11.5. The Kier molecular flexibility index (Phi) is 5.53. The van der Waals surface area contributed by atoms with Crippen molar-refractivity contribution in [2.45, 2.75) is 56.6 Å². The lowest BCUT2D eigenvalue weighted by molar-refractivity contribution is -0.0241. The maximum atomic E-state index is 12.3. The molecule has 0 spiro atoms. The van der Waals surface area contributed by atoms with Gasteiger partial charge in [0.2, 0.25) is 0 Å². The van der Waals surface area contributed by atoms with Crippen LogP contribution in [0.5, 0.6) is 0 Å². The van der Waals surface area contributed by atoms with Gasteiger partial charge in [-0.15, -0.1) is 0 Å². The fourth-order valence-corrected chi connectivity index (χ4v) is 4.78. The Bertz CT molecular complexity index is 733. The molecule has 0 bridgehead atoms. The van der Waals surface area contributed by atoms with Gasteiger partial charge in [-0.3, -0.25) is 9.88 Å². The maximum Gasteiger partial charge on any atom is 0.339 e. The highest BCUT2D eigenvalue weighted by molar-refractivity contribution is 5.89. The molecule has 4 rings (SSSR count). The third-order valence-electron chi connectivity index (χ3n) is 6.21. The summed E-state index contributed by atoms with van der Waals surface area (Å²) in [6, 6.07) is 14.5. The smallest absolute Gasteiger partial charge is 0.339 e. The van der Waals surface area contributed by atoms with Crippen LogP contribution in [0.3, 0.4) is 0 Å². The molecule has 4 heteroatoms. The Hall–Kier alpha value is -2.20. The van der Waals surface area contributed by atoms with Gasteiger partial charge in [0.1, 0.15) is 6.10 Å². The molecule has 4 nitrogen and oxygen atoms in total. The monoisotopic (exact) mass is 364 g/mol. The predicted octanol–water partition coefficient (Wildman–Crippen LogP) is 4.56. The number of hydrogen-bond donors (Lipinski definition) is 0. The maximum absolute atomic E-state index is 12.3. The molecular formula is C23H28N2O2. The molecule has 0 amide bonds. The molecule has 1 saturated heterocycles. The highest BCUT2D eigenvalue weighted by Crippen LogP contribution is 2.43. The van der Waals surface area contributed by atoms with E-state index in [-0.39, 0.29) is 17.6 Å². The average Bonchev–Trinajstić information content (AvgIpc) is 2.76. The number of ether oxygens (including phenoxy) is 1.